The fourth-order valence-corrected chi connectivity index (χ4v) is 1.71. The number of carbonyl (C=O) groups is 1. The number of allylic oxidation sites excluding steroid dienone is 1. The first-order chi connectivity index (χ1) is 7.15. The lowest BCUT2D eigenvalue weighted by molar-refractivity contribution is 0.102. The summed E-state index contributed by atoms with van der Waals surface area (Å²) >= 11 is 4.70. The van der Waals surface area contributed by atoms with Crippen LogP contribution in [0.5, 0.6) is 0 Å². The van der Waals surface area contributed by atoms with Crippen molar-refractivity contribution in [2.75, 3.05) is 5.75 Å². The summed E-state index contributed by atoms with van der Waals surface area (Å²) in [6.07, 6.45) is 0. The monoisotopic (exact) mass is 286 g/mol. The zero-order valence-corrected chi connectivity index (χ0v) is 10.6. The minimum absolute atomic E-state index is 0.229. The van der Waals surface area contributed by atoms with Crippen LogP contribution in [0, 0.1) is 0 Å². The normalized spacial score (nSPS) is 11.5. The van der Waals surface area contributed by atoms with Gasteiger partial charge >= 0.3 is 0 Å². The Balaban J connectivity index is 2.85. The van der Waals surface area contributed by atoms with Gasteiger partial charge in [0.1, 0.15) is 10.3 Å². The lowest BCUT2D eigenvalue weighted by atomic mass is 10.2. The van der Waals surface area contributed by atoms with Crippen molar-refractivity contribution in [3.05, 3.63) is 39.6 Å². The van der Waals surface area contributed by atoms with Crippen molar-refractivity contribution >= 4 is 33.5 Å². The van der Waals surface area contributed by atoms with Gasteiger partial charge in [0, 0.05) is 0 Å². The first-order valence-corrected chi connectivity index (χ1v) is 6.23. The van der Waals surface area contributed by atoms with Crippen molar-refractivity contribution in [1.29, 1.82) is 0 Å². The number of halogens is 1. The van der Waals surface area contributed by atoms with Gasteiger partial charge in [0.2, 0.25) is 5.78 Å². The topological polar surface area (TPSA) is 56.0 Å². The van der Waals surface area contributed by atoms with Crippen LogP contribution >= 0.6 is 27.7 Å². The van der Waals surface area contributed by atoms with Crippen LogP contribution in [0.1, 0.15) is 17.4 Å². The van der Waals surface area contributed by atoms with Gasteiger partial charge < -0.3 is 5.73 Å². The molecule has 0 aliphatic heterocycles. The minimum atomic E-state index is -0.239. The number of carbonyl (C=O) groups excluding carboxylic acids is 1. The van der Waals surface area contributed by atoms with E-state index in [0.29, 0.717) is 10.3 Å². The zero-order valence-electron chi connectivity index (χ0n) is 8.24. The highest BCUT2D eigenvalue weighted by Crippen LogP contribution is 2.11. The smallest absolute Gasteiger partial charge is 0.227 e. The molecule has 1 aromatic heterocycles. The molecule has 0 amide bonds. The summed E-state index contributed by atoms with van der Waals surface area (Å²) in [6, 6.07) is 5.16. The molecule has 0 aromatic carbocycles. The van der Waals surface area contributed by atoms with Crippen molar-refractivity contribution in [2.45, 2.75) is 6.92 Å². The predicted octanol–water partition coefficient (Wildman–Crippen LogP) is 2.58. The highest BCUT2D eigenvalue weighted by molar-refractivity contribution is 9.10. The Bertz CT molecular complexity index is 393. The quantitative estimate of drug-likeness (QED) is 0.525. The largest absolute Gasteiger partial charge is 0.395 e. The molecule has 1 aromatic rings. The molecule has 0 aliphatic rings. The lowest BCUT2D eigenvalue weighted by Gasteiger charge is -2.00. The molecule has 0 atom stereocenters. The zero-order chi connectivity index (χ0) is 11.3. The van der Waals surface area contributed by atoms with E-state index in [-0.39, 0.29) is 11.5 Å². The highest BCUT2D eigenvalue weighted by atomic mass is 79.9. The minimum Gasteiger partial charge on any atom is -0.395 e. The summed E-state index contributed by atoms with van der Waals surface area (Å²) in [6.45, 7) is 2.00. The van der Waals surface area contributed by atoms with E-state index in [1.165, 1.54) is 11.8 Å². The molecule has 0 unspecified atom stereocenters. The van der Waals surface area contributed by atoms with Gasteiger partial charge in [0.05, 0.1) is 5.70 Å². The molecule has 2 N–H and O–H groups in total. The molecule has 3 nitrogen and oxygen atoms in total. The fraction of sp³-hybridized carbons (Fsp3) is 0.200. The summed E-state index contributed by atoms with van der Waals surface area (Å²) in [5.74, 6) is 0.650. The number of pyridine rings is 1. The van der Waals surface area contributed by atoms with Gasteiger partial charge in [-0.3, -0.25) is 4.79 Å². The molecule has 0 spiro atoms. The summed E-state index contributed by atoms with van der Waals surface area (Å²) in [7, 11) is 0. The molecular formula is C10H11BrN2OS. The maximum atomic E-state index is 11.7. The molecule has 5 heteroatoms. The van der Waals surface area contributed by atoms with Crippen LogP contribution in [0.3, 0.4) is 0 Å². The maximum Gasteiger partial charge on any atom is 0.227 e. The standard InChI is InChI=1S/C10H11BrN2OS/c1-2-15-6-7(12)10(14)8-4-3-5-9(11)13-8/h3-6H,2,12H2,1H3/b7-6-. The summed E-state index contributed by atoms with van der Waals surface area (Å²) in [5.41, 5.74) is 6.21. The molecule has 0 saturated heterocycles. The Kier molecular flexibility index (Phi) is 4.84. The van der Waals surface area contributed by atoms with Gasteiger partial charge in [-0.2, -0.15) is 0 Å². The molecular weight excluding hydrogens is 276 g/mol. The molecule has 0 aliphatic carbocycles. The third-order valence-corrected chi connectivity index (χ3v) is 2.78. The van der Waals surface area contributed by atoms with E-state index >= 15 is 0 Å². The predicted molar refractivity (Wildman–Crippen MR) is 66.7 cm³/mol. The SMILES string of the molecule is CCS/C=C(\N)C(=O)c1cccc(Br)n1. The van der Waals surface area contributed by atoms with E-state index in [2.05, 4.69) is 20.9 Å². The van der Waals surface area contributed by atoms with E-state index in [4.69, 9.17) is 5.73 Å². The summed E-state index contributed by atoms with van der Waals surface area (Å²) in [4.78, 5) is 15.8. The first-order valence-electron chi connectivity index (χ1n) is 4.39. The number of rotatable bonds is 4. The Hall–Kier alpha value is -0.810. The number of hydrogen-bond acceptors (Lipinski definition) is 4. The van der Waals surface area contributed by atoms with Gasteiger partial charge in [-0.1, -0.05) is 13.0 Å². The van der Waals surface area contributed by atoms with Crippen molar-refractivity contribution < 1.29 is 4.79 Å². The first kappa shape index (κ1) is 12.3. The second kappa shape index (κ2) is 5.92. The van der Waals surface area contributed by atoms with Crippen LogP contribution in [0.4, 0.5) is 0 Å². The molecule has 1 rings (SSSR count). The second-order valence-electron chi connectivity index (χ2n) is 2.70. The lowest BCUT2D eigenvalue weighted by Crippen LogP contribution is -2.12. The van der Waals surface area contributed by atoms with Crippen molar-refractivity contribution in [3.63, 3.8) is 0 Å². The number of hydrogen-bond donors (Lipinski definition) is 1. The molecule has 80 valence electrons. The van der Waals surface area contributed by atoms with Crippen LogP contribution in [0.25, 0.3) is 0 Å². The van der Waals surface area contributed by atoms with E-state index in [1.54, 1.807) is 23.6 Å². The second-order valence-corrected chi connectivity index (χ2v) is 4.66. The molecule has 15 heavy (non-hydrogen) atoms. The summed E-state index contributed by atoms with van der Waals surface area (Å²) < 4.78 is 0.629. The Morgan fingerprint density at radius 1 is 1.67 bits per heavy atom. The van der Waals surface area contributed by atoms with Gasteiger partial charge in [-0.25, -0.2) is 4.98 Å². The van der Waals surface area contributed by atoms with Crippen LogP contribution in [0.2, 0.25) is 0 Å². The van der Waals surface area contributed by atoms with Crippen LogP contribution in [-0.2, 0) is 0 Å². The van der Waals surface area contributed by atoms with Gasteiger partial charge in [-0.15, -0.1) is 11.8 Å². The average molecular weight is 287 g/mol. The van der Waals surface area contributed by atoms with Crippen LogP contribution in [-0.4, -0.2) is 16.5 Å². The third kappa shape index (κ3) is 3.68. The van der Waals surface area contributed by atoms with E-state index in [0.717, 1.165) is 5.75 Å². The van der Waals surface area contributed by atoms with Crippen molar-refractivity contribution in [2.24, 2.45) is 5.73 Å². The number of Topliss-reactive ketones (excluding diaryl/α,β-unsaturated/α-hetero) is 1. The van der Waals surface area contributed by atoms with E-state index < -0.39 is 0 Å². The number of thioether (sulfide) groups is 1. The number of nitrogens with two attached hydrogens (primary N) is 1. The van der Waals surface area contributed by atoms with Crippen molar-refractivity contribution in [3.8, 4) is 0 Å². The molecule has 0 radical (unpaired) electrons. The Labute approximate surface area is 101 Å². The Morgan fingerprint density at radius 3 is 3.00 bits per heavy atom. The fourth-order valence-electron chi connectivity index (χ4n) is 0.909. The average Bonchev–Trinajstić information content (AvgIpc) is 2.24. The number of nitrogens with zero attached hydrogens (tertiary/aromatic N) is 1. The molecule has 0 bridgehead atoms. The third-order valence-electron chi connectivity index (χ3n) is 1.59. The van der Waals surface area contributed by atoms with E-state index in [1.807, 2.05) is 6.92 Å². The number of aromatic nitrogens is 1. The molecule has 0 fully saturated rings. The van der Waals surface area contributed by atoms with Gasteiger partial charge in [0.25, 0.3) is 0 Å². The van der Waals surface area contributed by atoms with Gasteiger partial charge in [0.15, 0.2) is 0 Å². The van der Waals surface area contributed by atoms with Gasteiger partial charge in [-0.05, 0) is 39.2 Å². The highest BCUT2D eigenvalue weighted by Gasteiger charge is 2.10. The van der Waals surface area contributed by atoms with E-state index in [9.17, 15) is 4.79 Å². The summed E-state index contributed by atoms with van der Waals surface area (Å²) in [5, 5.41) is 1.66. The van der Waals surface area contributed by atoms with Crippen molar-refractivity contribution in [1.82, 2.24) is 4.98 Å². The molecule has 1 heterocycles. The Morgan fingerprint density at radius 2 is 2.40 bits per heavy atom. The number of ketones is 1. The molecule has 0 saturated carbocycles. The maximum absolute atomic E-state index is 11.7. The van der Waals surface area contributed by atoms with Crippen LogP contribution in [0.15, 0.2) is 33.9 Å². The van der Waals surface area contributed by atoms with Crippen LogP contribution < -0.4 is 5.73 Å².